The first kappa shape index (κ1) is 23.3. The Morgan fingerprint density at radius 1 is 1.00 bits per heavy atom. The molecule has 0 aliphatic rings. The SMILES string of the molecule is CCOc1cc(CCCNC(=NC)NCCCCNc2ccccn2)ccc1OC. The fourth-order valence-electron chi connectivity index (χ4n) is 3.01. The predicted molar refractivity (Wildman–Crippen MR) is 124 cm³/mol. The van der Waals surface area contributed by atoms with Crippen LogP contribution >= 0.6 is 0 Å². The number of ether oxygens (including phenoxy) is 2. The van der Waals surface area contributed by atoms with Gasteiger partial charge in [-0.05, 0) is 62.4 Å². The van der Waals surface area contributed by atoms with Crippen molar-refractivity contribution >= 4 is 11.8 Å². The topological polar surface area (TPSA) is 79.8 Å². The molecule has 0 unspecified atom stereocenters. The third-order valence-electron chi connectivity index (χ3n) is 4.55. The number of hydrogen-bond donors (Lipinski definition) is 3. The zero-order valence-electron chi connectivity index (χ0n) is 18.4. The molecule has 0 bridgehead atoms. The van der Waals surface area contributed by atoms with E-state index in [-0.39, 0.29) is 0 Å². The number of methoxy groups -OCH3 is 1. The summed E-state index contributed by atoms with van der Waals surface area (Å²) < 4.78 is 11.0. The number of aryl methyl sites for hydroxylation is 1. The lowest BCUT2D eigenvalue weighted by Gasteiger charge is -2.13. The quantitative estimate of drug-likeness (QED) is 0.265. The van der Waals surface area contributed by atoms with Gasteiger partial charge in [-0.1, -0.05) is 12.1 Å². The molecule has 3 N–H and O–H groups in total. The normalized spacial score (nSPS) is 11.1. The van der Waals surface area contributed by atoms with Crippen LogP contribution in [0.3, 0.4) is 0 Å². The van der Waals surface area contributed by atoms with Crippen molar-refractivity contribution in [2.75, 3.05) is 45.7 Å². The predicted octanol–water partition coefficient (Wildman–Crippen LogP) is 3.48. The number of aromatic nitrogens is 1. The zero-order chi connectivity index (χ0) is 21.4. The second kappa shape index (κ2) is 14.1. The second-order valence-electron chi connectivity index (χ2n) is 6.80. The molecule has 30 heavy (non-hydrogen) atoms. The lowest BCUT2D eigenvalue weighted by Crippen LogP contribution is -2.38. The Morgan fingerprint density at radius 2 is 1.80 bits per heavy atom. The summed E-state index contributed by atoms with van der Waals surface area (Å²) in [5.41, 5.74) is 1.24. The highest BCUT2D eigenvalue weighted by molar-refractivity contribution is 5.79. The largest absolute Gasteiger partial charge is 0.493 e. The zero-order valence-corrected chi connectivity index (χ0v) is 18.4. The van der Waals surface area contributed by atoms with Crippen LogP contribution in [-0.2, 0) is 6.42 Å². The van der Waals surface area contributed by atoms with Gasteiger partial charge in [0.15, 0.2) is 17.5 Å². The molecular formula is C23H35N5O2. The molecule has 1 aromatic carbocycles. The molecule has 1 heterocycles. The van der Waals surface area contributed by atoms with E-state index >= 15 is 0 Å². The van der Waals surface area contributed by atoms with E-state index < -0.39 is 0 Å². The van der Waals surface area contributed by atoms with Gasteiger partial charge < -0.3 is 25.4 Å². The van der Waals surface area contributed by atoms with Crippen molar-refractivity contribution in [2.45, 2.75) is 32.6 Å². The number of aliphatic imine (C=N–C) groups is 1. The number of unbranched alkanes of at least 4 members (excludes halogenated alkanes) is 1. The van der Waals surface area contributed by atoms with Crippen LogP contribution < -0.4 is 25.4 Å². The maximum Gasteiger partial charge on any atom is 0.190 e. The molecule has 0 amide bonds. The average Bonchev–Trinajstić information content (AvgIpc) is 2.78. The second-order valence-corrected chi connectivity index (χ2v) is 6.80. The van der Waals surface area contributed by atoms with Crippen molar-refractivity contribution in [3.05, 3.63) is 48.2 Å². The van der Waals surface area contributed by atoms with Crippen LogP contribution in [0.5, 0.6) is 11.5 Å². The van der Waals surface area contributed by atoms with Gasteiger partial charge >= 0.3 is 0 Å². The fraction of sp³-hybridized carbons (Fsp3) is 0.478. The van der Waals surface area contributed by atoms with Gasteiger partial charge in [-0.15, -0.1) is 0 Å². The smallest absolute Gasteiger partial charge is 0.190 e. The Balaban J connectivity index is 1.58. The minimum Gasteiger partial charge on any atom is -0.493 e. The molecule has 1 aromatic heterocycles. The first-order valence-corrected chi connectivity index (χ1v) is 10.7. The number of pyridine rings is 1. The maximum atomic E-state index is 5.65. The lowest BCUT2D eigenvalue weighted by molar-refractivity contribution is 0.310. The highest BCUT2D eigenvalue weighted by Gasteiger charge is 2.05. The highest BCUT2D eigenvalue weighted by Crippen LogP contribution is 2.28. The van der Waals surface area contributed by atoms with Crippen LogP contribution in [0.4, 0.5) is 5.82 Å². The summed E-state index contributed by atoms with van der Waals surface area (Å²) in [6, 6.07) is 12.0. The molecule has 0 aliphatic heterocycles. The van der Waals surface area contributed by atoms with E-state index in [0.717, 1.165) is 68.6 Å². The van der Waals surface area contributed by atoms with Crippen molar-refractivity contribution in [1.29, 1.82) is 0 Å². The van der Waals surface area contributed by atoms with Crippen molar-refractivity contribution in [3.63, 3.8) is 0 Å². The van der Waals surface area contributed by atoms with Crippen molar-refractivity contribution in [3.8, 4) is 11.5 Å². The minimum absolute atomic E-state index is 0.628. The van der Waals surface area contributed by atoms with Gasteiger partial charge in [-0.2, -0.15) is 0 Å². The van der Waals surface area contributed by atoms with E-state index in [1.165, 1.54) is 5.56 Å². The summed E-state index contributed by atoms with van der Waals surface area (Å²) in [4.78, 5) is 8.55. The third kappa shape index (κ3) is 8.59. The van der Waals surface area contributed by atoms with Crippen LogP contribution in [0.2, 0.25) is 0 Å². The molecule has 0 radical (unpaired) electrons. The summed E-state index contributed by atoms with van der Waals surface area (Å²) in [5.74, 6) is 3.35. The fourth-order valence-corrected chi connectivity index (χ4v) is 3.01. The maximum absolute atomic E-state index is 5.65. The Kier molecular flexibility index (Phi) is 11.0. The van der Waals surface area contributed by atoms with Gasteiger partial charge in [-0.3, -0.25) is 4.99 Å². The minimum atomic E-state index is 0.628. The van der Waals surface area contributed by atoms with Gasteiger partial charge in [0.2, 0.25) is 0 Å². The molecule has 0 fully saturated rings. The Hall–Kier alpha value is -2.96. The van der Waals surface area contributed by atoms with Gasteiger partial charge in [0.25, 0.3) is 0 Å². The summed E-state index contributed by atoms with van der Waals surface area (Å²) >= 11 is 0. The number of benzene rings is 1. The average molecular weight is 414 g/mol. The van der Waals surface area contributed by atoms with Gasteiger partial charge in [0.05, 0.1) is 13.7 Å². The van der Waals surface area contributed by atoms with E-state index in [1.54, 1.807) is 20.4 Å². The number of nitrogens with one attached hydrogen (secondary N) is 3. The summed E-state index contributed by atoms with van der Waals surface area (Å²) in [7, 11) is 3.47. The monoisotopic (exact) mass is 413 g/mol. The molecule has 0 aliphatic carbocycles. The van der Waals surface area contributed by atoms with Crippen molar-refractivity contribution in [2.24, 2.45) is 4.99 Å². The summed E-state index contributed by atoms with van der Waals surface area (Å²) in [6.07, 6.45) is 5.90. The molecule has 7 heteroatoms. The van der Waals surface area contributed by atoms with E-state index in [0.29, 0.717) is 6.61 Å². The number of anilines is 1. The molecule has 0 saturated heterocycles. The summed E-state index contributed by atoms with van der Waals surface area (Å²) in [5, 5.41) is 10.1. The Bertz CT molecular complexity index is 753. The van der Waals surface area contributed by atoms with E-state index in [2.05, 4.69) is 38.1 Å². The lowest BCUT2D eigenvalue weighted by atomic mass is 10.1. The molecule has 0 saturated carbocycles. The number of guanidine groups is 1. The Labute approximate surface area is 180 Å². The van der Waals surface area contributed by atoms with Gasteiger partial charge in [0.1, 0.15) is 5.82 Å². The molecule has 2 aromatic rings. The van der Waals surface area contributed by atoms with Crippen LogP contribution in [-0.4, -0.2) is 51.3 Å². The first-order chi connectivity index (χ1) is 14.8. The van der Waals surface area contributed by atoms with Crippen molar-refractivity contribution in [1.82, 2.24) is 15.6 Å². The van der Waals surface area contributed by atoms with Gasteiger partial charge in [-0.25, -0.2) is 4.98 Å². The summed E-state index contributed by atoms with van der Waals surface area (Å²) in [6.45, 7) is 5.27. The molecule has 2 rings (SSSR count). The van der Waals surface area contributed by atoms with E-state index in [9.17, 15) is 0 Å². The van der Waals surface area contributed by atoms with Crippen molar-refractivity contribution < 1.29 is 9.47 Å². The molecule has 164 valence electrons. The number of nitrogens with zero attached hydrogens (tertiary/aromatic N) is 2. The van der Waals surface area contributed by atoms with Gasteiger partial charge in [0, 0.05) is 32.9 Å². The first-order valence-electron chi connectivity index (χ1n) is 10.7. The van der Waals surface area contributed by atoms with Crippen LogP contribution in [0.1, 0.15) is 31.7 Å². The van der Waals surface area contributed by atoms with Crippen LogP contribution in [0.15, 0.2) is 47.6 Å². The number of hydrogen-bond acceptors (Lipinski definition) is 5. The Morgan fingerprint density at radius 3 is 2.50 bits per heavy atom. The molecular weight excluding hydrogens is 378 g/mol. The van der Waals surface area contributed by atoms with Crippen LogP contribution in [0.25, 0.3) is 0 Å². The standard InChI is InChI=1S/C23H35N5O2/c1-4-30-21-18-19(12-13-20(21)29-3)10-9-17-28-23(24-2)27-16-8-7-15-26-22-11-5-6-14-25-22/h5-6,11-14,18H,4,7-10,15-17H2,1-3H3,(H,25,26)(H2,24,27,28). The van der Waals surface area contributed by atoms with E-state index in [4.69, 9.17) is 9.47 Å². The van der Waals surface area contributed by atoms with E-state index in [1.807, 2.05) is 31.2 Å². The molecule has 0 atom stereocenters. The third-order valence-corrected chi connectivity index (χ3v) is 4.55. The highest BCUT2D eigenvalue weighted by atomic mass is 16.5. The van der Waals surface area contributed by atoms with Crippen LogP contribution in [0, 0.1) is 0 Å². The molecule has 7 nitrogen and oxygen atoms in total. The number of rotatable bonds is 13. The molecule has 0 spiro atoms.